The molecule has 0 radical (unpaired) electrons. The minimum Gasteiger partial charge on any atom is -0.445 e. The molecular formula is C18H17Br2NO2. The number of halogens is 2. The Labute approximate surface area is 153 Å². The van der Waals surface area contributed by atoms with Crippen LogP contribution in [-0.2, 0) is 11.3 Å². The molecule has 2 aromatic rings. The maximum atomic E-state index is 11.6. The average molecular weight is 439 g/mol. The Balaban J connectivity index is 1.67. The normalized spacial score (nSPS) is 10.7. The van der Waals surface area contributed by atoms with Crippen molar-refractivity contribution in [2.45, 2.75) is 13.0 Å². The van der Waals surface area contributed by atoms with Crippen LogP contribution in [0.3, 0.4) is 0 Å². The first kappa shape index (κ1) is 17.8. The number of carbonyl (C=O) groups is 1. The molecule has 1 N–H and O–H groups in total. The second kappa shape index (κ2) is 9.53. The van der Waals surface area contributed by atoms with E-state index >= 15 is 0 Å². The van der Waals surface area contributed by atoms with Gasteiger partial charge in [-0.2, -0.15) is 0 Å². The molecule has 0 atom stereocenters. The van der Waals surface area contributed by atoms with Crippen LogP contribution in [0.1, 0.15) is 17.5 Å². The highest BCUT2D eigenvalue weighted by Crippen LogP contribution is 2.22. The molecule has 0 heterocycles. The van der Waals surface area contributed by atoms with Crippen molar-refractivity contribution in [2.24, 2.45) is 0 Å². The highest BCUT2D eigenvalue weighted by Gasteiger charge is 2.01. The summed E-state index contributed by atoms with van der Waals surface area (Å²) in [7, 11) is 0. The number of ether oxygens (including phenoxy) is 1. The summed E-state index contributed by atoms with van der Waals surface area (Å²) in [5.74, 6) is 0. The number of hydrogen-bond donors (Lipinski definition) is 1. The molecule has 0 aliphatic carbocycles. The van der Waals surface area contributed by atoms with Gasteiger partial charge in [0, 0.05) is 15.5 Å². The third-order valence-corrected chi connectivity index (χ3v) is 4.26. The van der Waals surface area contributed by atoms with Gasteiger partial charge in [-0.25, -0.2) is 4.79 Å². The fraction of sp³-hybridized carbons (Fsp3) is 0.167. The van der Waals surface area contributed by atoms with E-state index in [0.717, 1.165) is 26.5 Å². The van der Waals surface area contributed by atoms with Crippen LogP contribution >= 0.6 is 31.9 Å². The summed E-state index contributed by atoms with van der Waals surface area (Å²) in [4.78, 5) is 11.6. The zero-order valence-corrected chi connectivity index (χ0v) is 15.6. The lowest BCUT2D eigenvalue weighted by Crippen LogP contribution is -2.24. The van der Waals surface area contributed by atoms with Gasteiger partial charge in [-0.15, -0.1) is 0 Å². The highest BCUT2D eigenvalue weighted by atomic mass is 79.9. The van der Waals surface area contributed by atoms with Crippen LogP contribution in [0.5, 0.6) is 0 Å². The van der Waals surface area contributed by atoms with Crippen molar-refractivity contribution in [2.75, 3.05) is 6.54 Å². The lowest BCUT2D eigenvalue weighted by atomic mass is 10.2. The van der Waals surface area contributed by atoms with Crippen molar-refractivity contribution in [3.05, 3.63) is 74.7 Å². The van der Waals surface area contributed by atoms with Gasteiger partial charge in [0.05, 0.1) is 0 Å². The van der Waals surface area contributed by atoms with Crippen LogP contribution in [-0.4, -0.2) is 12.6 Å². The van der Waals surface area contributed by atoms with Crippen molar-refractivity contribution >= 4 is 44.0 Å². The molecule has 23 heavy (non-hydrogen) atoms. The molecule has 0 spiro atoms. The Hall–Kier alpha value is -1.59. The average Bonchev–Trinajstić information content (AvgIpc) is 2.56. The molecule has 5 heteroatoms. The van der Waals surface area contributed by atoms with Gasteiger partial charge in [0.1, 0.15) is 6.61 Å². The molecule has 1 amide bonds. The van der Waals surface area contributed by atoms with Crippen LogP contribution in [0.25, 0.3) is 6.08 Å². The summed E-state index contributed by atoms with van der Waals surface area (Å²) >= 11 is 6.95. The quantitative estimate of drug-likeness (QED) is 0.601. The van der Waals surface area contributed by atoms with E-state index in [0.29, 0.717) is 6.54 Å². The second-order valence-electron chi connectivity index (χ2n) is 4.85. The third-order valence-electron chi connectivity index (χ3n) is 3.05. The van der Waals surface area contributed by atoms with Gasteiger partial charge in [0.15, 0.2) is 0 Å². The van der Waals surface area contributed by atoms with Gasteiger partial charge >= 0.3 is 6.09 Å². The molecular weight excluding hydrogens is 422 g/mol. The molecule has 0 saturated heterocycles. The van der Waals surface area contributed by atoms with Crippen LogP contribution < -0.4 is 5.32 Å². The van der Waals surface area contributed by atoms with Gasteiger partial charge in [-0.3, -0.25) is 0 Å². The SMILES string of the molecule is O=C(NCCC=Cc1cc(Br)ccc1Br)OCc1ccccc1. The third kappa shape index (κ3) is 6.59. The smallest absolute Gasteiger partial charge is 0.407 e. The predicted octanol–water partition coefficient (Wildman–Crippen LogP) is 5.54. The first-order valence-electron chi connectivity index (χ1n) is 7.21. The Morgan fingerprint density at radius 1 is 1.13 bits per heavy atom. The molecule has 0 aliphatic rings. The van der Waals surface area contributed by atoms with Crippen molar-refractivity contribution in [1.29, 1.82) is 0 Å². The molecule has 0 fully saturated rings. The Kier molecular flexibility index (Phi) is 7.36. The Morgan fingerprint density at radius 2 is 1.91 bits per heavy atom. The summed E-state index contributed by atoms with van der Waals surface area (Å²) in [6, 6.07) is 15.6. The van der Waals surface area contributed by atoms with Crippen molar-refractivity contribution in [3.8, 4) is 0 Å². The molecule has 3 nitrogen and oxygen atoms in total. The Bertz CT molecular complexity index is 672. The molecule has 120 valence electrons. The van der Waals surface area contributed by atoms with Crippen LogP contribution in [0.4, 0.5) is 4.79 Å². The molecule has 0 aliphatic heterocycles. The standard InChI is InChI=1S/C18H17Br2NO2/c19-16-9-10-17(20)15(12-16)8-4-5-11-21-18(22)23-13-14-6-2-1-3-7-14/h1-4,6-10,12H,5,11,13H2,(H,21,22). The second-order valence-corrected chi connectivity index (χ2v) is 6.62. The molecule has 0 aromatic heterocycles. The number of rotatable bonds is 6. The molecule has 0 unspecified atom stereocenters. The lowest BCUT2D eigenvalue weighted by molar-refractivity contribution is 0.140. The molecule has 0 bridgehead atoms. The first-order valence-corrected chi connectivity index (χ1v) is 8.80. The van der Waals surface area contributed by atoms with E-state index in [2.05, 4.69) is 37.2 Å². The Morgan fingerprint density at radius 3 is 2.70 bits per heavy atom. The number of carbonyl (C=O) groups excluding carboxylic acids is 1. The van der Waals surface area contributed by atoms with Crippen molar-refractivity contribution in [3.63, 3.8) is 0 Å². The first-order chi connectivity index (χ1) is 11.1. The zero-order valence-electron chi connectivity index (χ0n) is 12.5. The fourth-order valence-corrected chi connectivity index (χ4v) is 2.64. The van der Waals surface area contributed by atoms with Gasteiger partial charge in [0.25, 0.3) is 0 Å². The summed E-state index contributed by atoms with van der Waals surface area (Å²) in [5.41, 5.74) is 2.06. The number of benzene rings is 2. The summed E-state index contributed by atoms with van der Waals surface area (Å²) in [5, 5.41) is 2.73. The van der Waals surface area contributed by atoms with Crippen LogP contribution in [0.15, 0.2) is 63.6 Å². The minimum atomic E-state index is -0.397. The molecule has 0 saturated carbocycles. The monoisotopic (exact) mass is 437 g/mol. The van der Waals surface area contributed by atoms with Crippen molar-refractivity contribution in [1.82, 2.24) is 5.32 Å². The topological polar surface area (TPSA) is 38.3 Å². The number of nitrogens with one attached hydrogen (secondary N) is 1. The van der Waals surface area contributed by atoms with Crippen LogP contribution in [0.2, 0.25) is 0 Å². The van der Waals surface area contributed by atoms with Gasteiger partial charge < -0.3 is 10.1 Å². The number of amides is 1. The summed E-state index contributed by atoms with van der Waals surface area (Å²) in [6.07, 6.45) is 4.38. The van der Waals surface area contributed by atoms with E-state index < -0.39 is 6.09 Å². The van der Waals surface area contributed by atoms with Gasteiger partial charge in [-0.05, 0) is 35.7 Å². The molecule has 2 rings (SSSR count). The van der Waals surface area contributed by atoms with Gasteiger partial charge in [-0.1, -0.05) is 74.3 Å². The minimum absolute atomic E-state index is 0.285. The summed E-state index contributed by atoms with van der Waals surface area (Å²) in [6.45, 7) is 0.823. The van der Waals surface area contributed by atoms with E-state index in [-0.39, 0.29) is 6.61 Å². The van der Waals surface area contributed by atoms with E-state index in [1.807, 2.05) is 60.7 Å². The maximum absolute atomic E-state index is 11.6. The number of hydrogen-bond acceptors (Lipinski definition) is 2. The zero-order chi connectivity index (χ0) is 16.5. The van der Waals surface area contributed by atoms with E-state index in [4.69, 9.17) is 4.74 Å². The highest BCUT2D eigenvalue weighted by molar-refractivity contribution is 9.11. The summed E-state index contributed by atoms with van der Waals surface area (Å²) < 4.78 is 7.20. The number of alkyl carbamates (subject to hydrolysis) is 1. The van der Waals surface area contributed by atoms with Crippen LogP contribution in [0, 0.1) is 0 Å². The maximum Gasteiger partial charge on any atom is 0.407 e. The van der Waals surface area contributed by atoms with Gasteiger partial charge in [0.2, 0.25) is 0 Å². The molecule has 2 aromatic carbocycles. The lowest BCUT2D eigenvalue weighted by Gasteiger charge is -2.06. The van der Waals surface area contributed by atoms with E-state index in [1.54, 1.807) is 0 Å². The largest absolute Gasteiger partial charge is 0.445 e. The van der Waals surface area contributed by atoms with E-state index in [9.17, 15) is 4.79 Å². The van der Waals surface area contributed by atoms with Crippen molar-refractivity contribution < 1.29 is 9.53 Å². The fourth-order valence-electron chi connectivity index (χ4n) is 1.88. The van der Waals surface area contributed by atoms with E-state index in [1.165, 1.54) is 0 Å². The predicted molar refractivity (Wildman–Crippen MR) is 100 cm³/mol.